The maximum Gasteiger partial charge on any atom is 0.152 e. The number of aromatic nitrogens is 3. The Balaban J connectivity index is 2.24. The summed E-state index contributed by atoms with van der Waals surface area (Å²) in [5.41, 5.74) is 6.04. The molecule has 0 saturated heterocycles. The molecule has 1 saturated carbocycles. The van der Waals surface area contributed by atoms with Crippen LogP contribution in [-0.2, 0) is 4.74 Å². The summed E-state index contributed by atoms with van der Waals surface area (Å²) >= 11 is 0. The van der Waals surface area contributed by atoms with E-state index in [2.05, 4.69) is 14.8 Å². The van der Waals surface area contributed by atoms with Crippen LogP contribution in [0.2, 0.25) is 0 Å². The van der Waals surface area contributed by atoms with Crippen molar-refractivity contribution in [1.82, 2.24) is 14.8 Å². The predicted molar refractivity (Wildman–Crippen MR) is 61.1 cm³/mol. The number of rotatable bonds is 4. The lowest BCUT2D eigenvalue weighted by Crippen LogP contribution is -2.23. The van der Waals surface area contributed by atoms with E-state index in [1.165, 1.54) is 25.7 Å². The number of ether oxygens (including phenoxy) is 1. The van der Waals surface area contributed by atoms with Gasteiger partial charge in [-0.1, -0.05) is 12.8 Å². The Morgan fingerprint density at radius 2 is 2.12 bits per heavy atom. The minimum atomic E-state index is -0.174. The summed E-state index contributed by atoms with van der Waals surface area (Å²) in [7, 11) is 1.66. The first kappa shape index (κ1) is 11.5. The molecular weight excluding hydrogens is 204 g/mol. The first-order valence-electron chi connectivity index (χ1n) is 5.90. The first-order valence-corrected chi connectivity index (χ1v) is 5.90. The molecule has 0 aliphatic heterocycles. The third-order valence-electron chi connectivity index (χ3n) is 3.26. The molecule has 1 atom stereocenters. The molecule has 0 amide bonds. The zero-order valence-electron chi connectivity index (χ0n) is 10.0. The predicted octanol–water partition coefficient (Wildman–Crippen LogP) is 1.35. The van der Waals surface area contributed by atoms with Crippen LogP contribution in [0.5, 0.6) is 0 Å². The average molecular weight is 224 g/mol. The quantitative estimate of drug-likeness (QED) is 0.838. The van der Waals surface area contributed by atoms with Gasteiger partial charge in [-0.25, -0.2) is 0 Å². The lowest BCUT2D eigenvalue weighted by molar-refractivity contribution is 0.175. The maximum atomic E-state index is 6.04. The van der Waals surface area contributed by atoms with E-state index in [-0.39, 0.29) is 6.04 Å². The van der Waals surface area contributed by atoms with Crippen molar-refractivity contribution < 1.29 is 4.74 Å². The summed E-state index contributed by atoms with van der Waals surface area (Å²) in [4.78, 5) is 0. The smallest absolute Gasteiger partial charge is 0.152 e. The largest absolute Gasteiger partial charge is 0.383 e. The van der Waals surface area contributed by atoms with E-state index in [9.17, 15) is 0 Å². The third-order valence-corrected chi connectivity index (χ3v) is 3.26. The van der Waals surface area contributed by atoms with Crippen molar-refractivity contribution in [3.8, 4) is 0 Å². The molecule has 1 aliphatic rings. The van der Waals surface area contributed by atoms with Gasteiger partial charge in [0, 0.05) is 13.2 Å². The molecular formula is C11H20N4O. The van der Waals surface area contributed by atoms with Crippen molar-refractivity contribution in [2.75, 3.05) is 13.7 Å². The molecule has 5 nitrogen and oxygen atoms in total. The highest BCUT2D eigenvalue weighted by atomic mass is 16.5. The summed E-state index contributed by atoms with van der Waals surface area (Å²) < 4.78 is 7.28. The van der Waals surface area contributed by atoms with Crippen LogP contribution in [0.3, 0.4) is 0 Å². The fourth-order valence-corrected chi connectivity index (χ4v) is 2.51. The maximum absolute atomic E-state index is 6.04. The molecule has 1 fully saturated rings. The molecule has 0 spiro atoms. The Hall–Kier alpha value is -0.940. The second-order valence-corrected chi connectivity index (χ2v) is 4.48. The SMILES string of the molecule is COCC(N)c1nnc(C)n1C1CCCC1. The van der Waals surface area contributed by atoms with Gasteiger partial charge in [0.25, 0.3) is 0 Å². The van der Waals surface area contributed by atoms with Crippen LogP contribution in [-0.4, -0.2) is 28.5 Å². The zero-order valence-corrected chi connectivity index (χ0v) is 10.0. The normalized spacial score (nSPS) is 19.2. The molecule has 2 N–H and O–H groups in total. The highest BCUT2D eigenvalue weighted by Crippen LogP contribution is 2.32. The topological polar surface area (TPSA) is 66.0 Å². The van der Waals surface area contributed by atoms with E-state index in [1.807, 2.05) is 6.92 Å². The summed E-state index contributed by atoms with van der Waals surface area (Å²) in [6.07, 6.45) is 5.01. The van der Waals surface area contributed by atoms with Crippen LogP contribution in [0.25, 0.3) is 0 Å². The number of nitrogens with zero attached hydrogens (tertiary/aromatic N) is 3. The Morgan fingerprint density at radius 3 is 2.75 bits per heavy atom. The Bertz CT molecular complexity index is 344. The van der Waals surface area contributed by atoms with Crippen LogP contribution in [0.15, 0.2) is 0 Å². The van der Waals surface area contributed by atoms with Gasteiger partial charge in [0.1, 0.15) is 5.82 Å². The summed E-state index contributed by atoms with van der Waals surface area (Å²) in [5.74, 6) is 1.83. The minimum Gasteiger partial charge on any atom is -0.383 e. The van der Waals surface area contributed by atoms with Gasteiger partial charge >= 0.3 is 0 Å². The van der Waals surface area contributed by atoms with Crippen molar-refractivity contribution in [1.29, 1.82) is 0 Å². The standard InChI is InChI=1S/C11H20N4O/c1-8-13-14-11(10(12)7-16-2)15(8)9-5-3-4-6-9/h9-10H,3-7,12H2,1-2H3. The highest BCUT2D eigenvalue weighted by molar-refractivity contribution is 5.03. The van der Waals surface area contributed by atoms with Crippen molar-refractivity contribution >= 4 is 0 Å². The number of hydrogen-bond acceptors (Lipinski definition) is 4. The zero-order chi connectivity index (χ0) is 11.5. The average Bonchev–Trinajstić information content (AvgIpc) is 2.86. The van der Waals surface area contributed by atoms with E-state index in [0.29, 0.717) is 12.6 Å². The molecule has 1 aromatic heterocycles. The third kappa shape index (κ3) is 2.10. The second-order valence-electron chi connectivity index (χ2n) is 4.48. The molecule has 1 heterocycles. The van der Waals surface area contributed by atoms with Crippen LogP contribution >= 0.6 is 0 Å². The molecule has 5 heteroatoms. The second kappa shape index (κ2) is 4.93. The monoisotopic (exact) mass is 224 g/mol. The fourth-order valence-electron chi connectivity index (χ4n) is 2.51. The number of hydrogen-bond donors (Lipinski definition) is 1. The molecule has 0 radical (unpaired) electrons. The summed E-state index contributed by atoms with van der Waals surface area (Å²) in [6.45, 7) is 2.49. The lowest BCUT2D eigenvalue weighted by atomic mass is 10.2. The van der Waals surface area contributed by atoms with E-state index in [0.717, 1.165) is 11.6 Å². The van der Waals surface area contributed by atoms with Gasteiger partial charge in [0.05, 0.1) is 12.6 Å². The first-order chi connectivity index (χ1) is 7.74. The summed E-state index contributed by atoms with van der Waals surface area (Å²) in [6, 6.07) is 0.361. The fraction of sp³-hybridized carbons (Fsp3) is 0.818. The van der Waals surface area contributed by atoms with Crippen LogP contribution in [0.4, 0.5) is 0 Å². The molecule has 16 heavy (non-hydrogen) atoms. The molecule has 1 aromatic rings. The number of aryl methyl sites for hydroxylation is 1. The van der Waals surface area contributed by atoms with Crippen LogP contribution in [0.1, 0.15) is 49.4 Å². The molecule has 1 aliphatic carbocycles. The van der Waals surface area contributed by atoms with Gasteiger partial charge in [-0.3, -0.25) is 0 Å². The van der Waals surface area contributed by atoms with E-state index >= 15 is 0 Å². The van der Waals surface area contributed by atoms with Gasteiger partial charge in [-0.05, 0) is 19.8 Å². The number of nitrogens with two attached hydrogens (primary N) is 1. The lowest BCUT2D eigenvalue weighted by Gasteiger charge is -2.18. The van der Waals surface area contributed by atoms with E-state index < -0.39 is 0 Å². The summed E-state index contributed by atoms with van der Waals surface area (Å²) in [5, 5.41) is 8.33. The van der Waals surface area contributed by atoms with Crippen molar-refractivity contribution in [3.05, 3.63) is 11.6 Å². The molecule has 0 aromatic carbocycles. The van der Waals surface area contributed by atoms with Crippen molar-refractivity contribution in [3.63, 3.8) is 0 Å². The van der Waals surface area contributed by atoms with Crippen LogP contribution < -0.4 is 5.73 Å². The molecule has 90 valence electrons. The molecule has 0 bridgehead atoms. The van der Waals surface area contributed by atoms with Gasteiger partial charge in [-0.2, -0.15) is 0 Å². The molecule has 2 rings (SSSR count). The Kier molecular flexibility index (Phi) is 3.56. The van der Waals surface area contributed by atoms with E-state index in [4.69, 9.17) is 10.5 Å². The van der Waals surface area contributed by atoms with Crippen molar-refractivity contribution in [2.45, 2.75) is 44.7 Å². The van der Waals surface area contributed by atoms with Gasteiger partial charge in [-0.15, -0.1) is 10.2 Å². The van der Waals surface area contributed by atoms with Gasteiger partial charge < -0.3 is 15.0 Å². The van der Waals surface area contributed by atoms with Gasteiger partial charge in [0.15, 0.2) is 5.82 Å². The van der Waals surface area contributed by atoms with E-state index in [1.54, 1.807) is 7.11 Å². The Morgan fingerprint density at radius 1 is 1.44 bits per heavy atom. The molecule has 1 unspecified atom stereocenters. The van der Waals surface area contributed by atoms with Crippen molar-refractivity contribution in [2.24, 2.45) is 5.73 Å². The van der Waals surface area contributed by atoms with Gasteiger partial charge in [0.2, 0.25) is 0 Å². The Labute approximate surface area is 96.0 Å². The van der Waals surface area contributed by atoms with Crippen LogP contribution in [0, 0.1) is 6.92 Å². The highest BCUT2D eigenvalue weighted by Gasteiger charge is 2.24. The minimum absolute atomic E-state index is 0.174. The number of methoxy groups -OCH3 is 1.